The maximum atomic E-state index is 12.8. The molecule has 0 aliphatic carbocycles. The Bertz CT molecular complexity index is 1430. The third-order valence-electron chi connectivity index (χ3n) is 5.12. The quantitative estimate of drug-likeness (QED) is 0.371. The van der Waals surface area contributed by atoms with E-state index in [1.807, 2.05) is 28.8 Å². The molecule has 2 aromatic carbocycles. The van der Waals surface area contributed by atoms with Gasteiger partial charge >= 0.3 is 0 Å². The van der Waals surface area contributed by atoms with Gasteiger partial charge in [-0.05, 0) is 48.4 Å². The highest BCUT2D eigenvalue weighted by Gasteiger charge is 2.17. The van der Waals surface area contributed by atoms with Gasteiger partial charge in [0, 0.05) is 23.6 Å². The van der Waals surface area contributed by atoms with E-state index in [1.54, 1.807) is 24.5 Å². The van der Waals surface area contributed by atoms with Gasteiger partial charge in [0.25, 0.3) is 5.56 Å². The van der Waals surface area contributed by atoms with Crippen LogP contribution >= 0.6 is 11.8 Å². The van der Waals surface area contributed by atoms with Crippen molar-refractivity contribution < 1.29 is 0 Å². The molecular weight excluding hydrogens is 422 g/mol. The normalized spacial score (nSPS) is 11.2. The molecule has 0 saturated heterocycles. The largest absolute Gasteiger partial charge is 0.278 e. The van der Waals surface area contributed by atoms with Gasteiger partial charge < -0.3 is 0 Å². The highest BCUT2D eigenvalue weighted by molar-refractivity contribution is 7.98. The molecule has 0 fully saturated rings. The summed E-state index contributed by atoms with van der Waals surface area (Å²) in [4.78, 5) is 16.9. The average Bonchev–Trinajstić information content (AvgIpc) is 3.28. The predicted octanol–water partition coefficient (Wildman–Crippen LogP) is 3.75. The number of pyridine rings is 1. The third kappa shape index (κ3) is 3.78. The van der Waals surface area contributed by atoms with Gasteiger partial charge in [-0.25, -0.2) is 0 Å². The van der Waals surface area contributed by atoms with E-state index in [2.05, 4.69) is 56.7 Å². The van der Waals surface area contributed by atoms with Gasteiger partial charge in [0.1, 0.15) is 5.52 Å². The summed E-state index contributed by atoms with van der Waals surface area (Å²) in [6.07, 6.45) is 4.42. The zero-order valence-corrected chi connectivity index (χ0v) is 18.1. The maximum Gasteiger partial charge on any atom is 0.278 e. The lowest BCUT2D eigenvalue weighted by Crippen LogP contribution is -2.23. The van der Waals surface area contributed by atoms with Crippen LogP contribution in [0.1, 0.15) is 12.5 Å². The van der Waals surface area contributed by atoms with Crippen molar-refractivity contribution in [2.45, 2.75) is 24.4 Å². The van der Waals surface area contributed by atoms with Crippen molar-refractivity contribution >= 4 is 22.7 Å². The second kappa shape index (κ2) is 8.72. The van der Waals surface area contributed by atoms with Crippen LogP contribution in [0.2, 0.25) is 0 Å². The van der Waals surface area contributed by atoms with E-state index in [4.69, 9.17) is 0 Å². The molecule has 5 rings (SSSR count). The lowest BCUT2D eigenvalue weighted by Gasteiger charge is -2.11. The van der Waals surface area contributed by atoms with Crippen molar-refractivity contribution in [3.63, 3.8) is 0 Å². The molecule has 0 radical (unpaired) electrons. The van der Waals surface area contributed by atoms with E-state index in [0.717, 1.165) is 17.7 Å². The Kier molecular flexibility index (Phi) is 5.47. The van der Waals surface area contributed by atoms with E-state index < -0.39 is 0 Å². The van der Waals surface area contributed by atoms with Gasteiger partial charge in [-0.1, -0.05) is 48.2 Å². The summed E-state index contributed by atoms with van der Waals surface area (Å²) >= 11 is 1.38. The first kappa shape index (κ1) is 20.1. The first-order valence-corrected chi connectivity index (χ1v) is 11.1. The predicted molar refractivity (Wildman–Crippen MR) is 124 cm³/mol. The molecular formula is C23H19N7OS. The molecule has 0 atom stereocenters. The smallest absolute Gasteiger partial charge is 0.270 e. The topological polar surface area (TPSA) is 91.4 Å². The Morgan fingerprint density at radius 2 is 1.69 bits per heavy atom. The van der Waals surface area contributed by atoms with Gasteiger partial charge in [0.2, 0.25) is 0 Å². The molecule has 0 spiro atoms. The second-order valence-electron chi connectivity index (χ2n) is 7.08. The SMILES string of the molecule is CCc1ccc(-n2c(SCn3nnc4ccccc4c3=O)nnc2-c2ccncc2)cc1. The van der Waals surface area contributed by atoms with E-state index >= 15 is 0 Å². The van der Waals surface area contributed by atoms with E-state index in [0.29, 0.717) is 21.9 Å². The summed E-state index contributed by atoms with van der Waals surface area (Å²) < 4.78 is 3.33. The number of hydrogen-bond acceptors (Lipinski definition) is 7. The molecule has 3 heterocycles. The number of thioether (sulfide) groups is 1. The maximum absolute atomic E-state index is 12.8. The minimum absolute atomic E-state index is 0.184. The van der Waals surface area contributed by atoms with E-state index in [9.17, 15) is 4.79 Å². The zero-order chi connectivity index (χ0) is 21.9. The third-order valence-corrected chi connectivity index (χ3v) is 6.02. The highest BCUT2D eigenvalue weighted by Crippen LogP contribution is 2.28. The van der Waals surface area contributed by atoms with E-state index in [-0.39, 0.29) is 11.4 Å². The van der Waals surface area contributed by atoms with Crippen LogP contribution < -0.4 is 5.56 Å². The van der Waals surface area contributed by atoms with Crippen molar-refractivity contribution in [2.24, 2.45) is 0 Å². The number of benzene rings is 2. The van der Waals surface area contributed by atoms with Crippen LogP contribution in [0.5, 0.6) is 0 Å². The minimum atomic E-state index is -0.184. The molecule has 158 valence electrons. The van der Waals surface area contributed by atoms with Gasteiger partial charge in [0.15, 0.2) is 11.0 Å². The fourth-order valence-electron chi connectivity index (χ4n) is 3.39. The summed E-state index contributed by atoms with van der Waals surface area (Å²) in [6, 6.07) is 19.3. The molecule has 5 aromatic rings. The highest BCUT2D eigenvalue weighted by atomic mass is 32.2. The van der Waals surface area contributed by atoms with Crippen LogP contribution in [-0.4, -0.2) is 34.7 Å². The number of fused-ring (bicyclic) bond motifs is 1. The molecule has 0 amide bonds. The van der Waals surface area contributed by atoms with Crippen LogP contribution in [0.4, 0.5) is 0 Å². The summed E-state index contributed by atoms with van der Waals surface area (Å²) in [7, 11) is 0. The summed E-state index contributed by atoms with van der Waals surface area (Å²) in [5, 5.41) is 18.3. The Labute approximate surface area is 188 Å². The molecule has 0 bridgehead atoms. The summed E-state index contributed by atoms with van der Waals surface area (Å²) in [5.41, 5.74) is 3.49. The first-order valence-electron chi connectivity index (χ1n) is 10.1. The van der Waals surface area contributed by atoms with Crippen molar-refractivity contribution in [2.75, 3.05) is 0 Å². The van der Waals surface area contributed by atoms with Crippen LogP contribution in [0, 0.1) is 0 Å². The lowest BCUT2D eigenvalue weighted by atomic mass is 10.1. The van der Waals surface area contributed by atoms with Crippen LogP contribution in [-0.2, 0) is 12.3 Å². The Balaban J connectivity index is 1.53. The average molecular weight is 442 g/mol. The molecule has 0 aliphatic rings. The van der Waals surface area contributed by atoms with Crippen LogP contribution in [0.25, 0.3) is 28.0 Å². The lowest BCUT2D eigenvalue weighted by molar-refractivity contribution is 0.643. The standard InChI is InChI=1S/C23H19N7OS/c1-2-16-7-9-18(10-8-16)30-21(17-11-13-24-14-12-17)26-27-23(30)32-15-29-22(31)19-5-3-4-6-20(19)25-28-29/h3-14H,2,15H2,1H3. The van der Waals surface area contributed by atoms with Gasteiger partial charge in [-0.3, -0.25) is 14.3 Å². The minimum Gasteiger partial charge on any atom is -0.270 e. The fraction of sp³-hybridized carbons (Fsp3) is 0.130. The Hall–Kier alpha value is -3.85. The molecule has 0 unspecified atom stereocenters. The molecule has 9 heteroatoms. The van der Waals surface area contributed by atoms with Crippen LogP contribution in [0.15, 0.2) is 83.0 Å². The van der Waals surface area contributed by atoms with Crippen molar-refractivity contribution in [1.29, 1.82) is 0 Å². The van der Waals surface area contributed by atoms with Crippen LogP contribution in [0.3, 0.4) is 0 Å². The molecule has 0 aliphatic heterocycles. The number of aryl methyl sites for hydroxylation is 1. The monoisotopic (exact) mass is 441 g/mol. The summed E-state index contributed by atoms with van der Waals surface area (Å²) in [5.74, 6) is 0.967. The Morgan fingerprint density at radius 1 is 0.906 bits per heavy atom. The molecule has 0 saturated carbocycles. The number of hydrogen-bond donors (Lipinski definition) is 0. The van der Waals surface area contributed by atoms with E-state index in [1.165, 1.54) is 22.0 Å². The van der Waals surface area contributed by atoms with Crippen molar-refractivity contribution in [3.8, 4) is 17.1 Å². The summed E-state index contributed by atoms with van der Waals surface area (Å²) in [6.45, 7) is 2.12. The molecule has 32 heavy (non-hydrogen) atoms. The van der Waals surface area contributed by atoms with Gasteiger partial charge in [-0.2, -0.15) is 4.68 Å². The van der Waals surface area contributed by atoms with Crippen molar-refractivity contribution in [1.82, 2.24) is 34.7 Å². The Morgan fingerprint density at radius 3 is 2.47 bits per heavy atom. The van der Waals surface area contributed by atoms with Crippen molar-refractivity contribution in [3.05, 3.63) is 89.0 Å². The zero-order valence-electron chi connectivity index (χ0n) is 17.3. The number of aromatic nitrogens is 7. The number of rotatable bonds is 6. The number of nitrogens with zero attached hydrogens (tertiary/aromatic N) is 7. The van der Waals surface area contributed by atoms with Gasteiger partial charge in [0.05, 0.1) is 11.3 Å². The molecule has 3 aromatic heterocycles. The molecule has 8 nitrogen and oxygen atoms in total. The molecule has 0 N–H and O–H groups in total. The van der Waals surface area contributed by atoms with Gasteiger partial charge in [-0.15, -0.1) is 15.3 Å². The second-order valence-corrected chi connectivity index (χ2v) is 7.99. The fourth-order valence-corrected chi connectivity index (χ4v) is 4.22. The first-order chi connectivity index (χ1) is 15.7.